The van der Waals surface area contributed by atoms with Crippen LogP contribution >= 0.6 is 12.4 Å². The Labute approximate surface area is 126 Å². The van der Waals surface area contributed by atoms with Crippen molar-refractivity contribution in [2.45, 2.75) is 12.5 Å². The average Bonchev–Trinajstić information content (AvgIpc) is 2.49. The molecule has 0 aromatic heterocycles. The Balaban J connectivity index is 0.00000200. The molecule has 0 heterocycles. The smallest absolute Gasteiger partial charge is 0.119 e. The van der Waals surface area contributed by atoms with Gasteiger partial charge < -0.3 is 15.2 Å². The summed E-state index contributed by atoms with van der Waals surface area (Å²) in [5.41, 5.74) is 7.24. The number of halogens is 1. The van der Waals surface area contributed by atoms with E-state index >= 15 is 0 Å². The Morgan fingerprint density at radius 2 is 1.55 bits per heavy atom. The Morgan fingerprint density at radius 1 is 0.950 bits per heavy atom. The van der Waals surface area contributed by atoms with Crippen molar-refractivity contribution in [1.82, 2.24) is 0 Å². The average molecular weight is 294 g/mol. The van der Waals surface area contributed by atoms with Crippen LogP contribution in [0.4, 0.5) is 0 Å². The van der Waals surface area contributed by atoms with E-state index in [1.807, 2.05) is 54.6 Å². The molecule has 3 nitrogen and oxygen atoms in total. The van der Waals surface area contributed by atoms with Crippen LogP contribution in [-0.4, -0.2) is 13.7 Å². The maximum absolute atomic E-state index is 6.10. The SMILES string of the molecule is COc1ccc(OCCC(N)c2ccccc2)cc1.Cl. The van der Waals surface area contributed by atoms with Gasteiger partial charge >= 0.3 is 0 Å². The van der Waals surface area contributed by atoms with Crippen LogP contribution in [0, 0.1) is 0 Å². The van der Waals surface area contributed by atoms with Crippen LogP contribution in [-0.2, 0) is 0 Å². The normalized spacial score (nSPS) is 11.3. The highest BCUT2D eigenvalue weighted by Gasteiger charge is 2.05. The van der Waals surface area contributed by atoms with Crippen molar-refractivity contribution in [2.75, 3.05) is 13.7 Å². The van der Waals surface area contributed by atoms with E-state index < -0.39 is 0 Å². The molecule has 0 aliphatic carbocycles. The highest BCUT2D eigenvalue weighted by atomic mass is 35.5. The van der Waals surface area contributed by atoms with E-state index in [2.05, 4.69) is 0 Å². The lowest BCUT2D eigenvalue weighted by Crippen LogP contribution is -2.14. The summed E-state index contributed by atoms with van der Waals surface area (Å²) in [5.74, 6) is 1.66. The fourth-order valence-electron chi connectivity index (χ4n) is 1.84. The molecular formula is C16H20ClNO2. The van der Waals surface area contributed by atoms with Crippen molar-refractivity contribution in [3.8, 4) is 11.5 Å². The predicted molar refractivity (Wildman–Crippen MR) is 83.7 cm³/mol. The Hall–Kier alpha value is -1.71. The minimum absolute atomic E-state index is 0. The van der Waals surface area contributed by atoms with Crippen LogP contribution in [0.2, 0.25) is 0 Å². The molecule has 20 heavy (non-hydrogen) atoms. The van der Waals surface area contributed by atoms with Crippen LogP contribution in [0.15, 0.2) is 54.6 Å². The maximum Gasteiger partial charge on any atom is 0.119 e. The highest BCUT2D eigenvalue weighted by Crippen LogP contribution is 2.18. The molecule has 0 amide bonds. The lowest BCUT2D eigenvalue weighted by atomic mass is 10.1. The maximum atomic E-state index is 6.10. The molecule has 0 aliphatic heterocycles. The van der Waals surface area contributed by atoms with Crippen molar-refractivity contribution in [3.63, 3.8) is 0 Å². The van der Waals surface area contributed by atoms with Crippen LogP contribution in [0.5, 0.6) is 11.5 Å². The van der Waals surface area contributed by atoms with Crippen molar-refractivity contribution < 1.29 is 9.47 Å². The number of hydrogen-bond donors (Lipinski definition) is 1. The van der Waals surface area contributed by atoms with E-state index in [0.29, 0.717) is 6.61 Å². The lowest BCUT2D eigenvalue weighted by molar-refractivity contribution is 0.298. The van der Waals surface area contributed by atoms with E-state index in [1.165, 1.54) is 0 Å². The Kier molecular flexibility index (Phi) is 6.91. The highest BCUT2D eigenvalue weighted by molar-refractivity contribution is 5.85. The van der Waals surface area contributed by atoms with Gasteiger partial charge in [-0.1, -0.05) is 30.3 Å². The molecular weight excluding hydrogens is 274 g/mol. The summed E-state index contributed by atoms with van der Waals surface area (Å²) in [6.45, 7) is 0.600. The summed E-state index contributed by atoms with van der Waals surface area (Å²) in [7, 11) is 1.65. The fourth-order valence-corrected chi connectivity index (χ4v) is 1.84. The summed E-state index contributed by atoms with van der Waals surface area (Å²) < 4.78 is 10.8. The van der Waals surface area contributed by atoms with Crippen molar-refractivity contribution in [3.05, 3.63) is 60.2 Å². The molecule has 0 radical (unpaired) electrons. The molecule has 2 rings (SSSR count). The number of rotatable bonds is 6. The molecule has 1 unspecified atom stereocenters. The van der Waals surface area contributed by atoms with Gasteiger partial charge in [0.2, 0.25) is 0 Å². The monoisotopic (exact) mass is 293 g/mol. The number of methoxy groups -OCH3 is 1. The first kappa shape index (κ1) is 16.3. The first-order chi connectivity index (χ1) is 9.29. The van der Waals surface area contributed by atoms with E-state index in [9.17, 15) is 0 Å². The third kappa shape index (κ3) is 4.76. The third-order valence-electron chi connectivity index (χ3n) is 2.98. The molecule has 0 saturated carbocycles. The van der Waals surface area contributed by atoms with E-state index in [1.54, 1.807) is 7.11 Å². The number of ether oxygens (including phenoxy) is 2. The van der Waals surface area contributed by atoms with Gasteiger partial charge in [0.05, 0.1) is 13.7 Å². The number of benzene rings is 2. The van der Waals surface area contributed by atoms with E-state index in [0.717, 1.165) is 23.5 Å². The topological polar surface area (TPSA) is 44.5 Å². The second-order valence-corrected chi connectivity index (χ2v) is 4.33. The second-order valence-electron chi connectivity index (χ2n) is 4.33. The molecule has 0 spiro atoms. The quantitative estimate of drug-likeness (QED) is 0.885. The minimum atomic E-state index is 0. The summed E-state index contributed by atoms with van der Waals surface area (Å²) >= 11 is 0. The summed E-state index contributed by atoms with van der Waals surface area (Å²) in [6, 6.07) is 17.6. The predicted octanol–water partition coefficient (Wildman–Crippen LogP) is 3.59. The molecule has 2 N–H and O–H groups in total. The van der Waals surface area contributed by atoms with Gasteiger partial charge in [0.1, 0.15) is 11.5 Å². The standard InChI is InChI=1S/C16H19NO2.ClH/c1-18-14-7-9-15(10-8-14)19-12-11-16(17)13-5-3-2-4-6-13;/h2-10,16H,11-12,17H2,1H3;1H. The van der Waals surface area contributed by atoms with E-state index in [4.69, 9.17) is 15.2 Å². The molecule has 108 valence electrons. The zero-order valence-electron chi connectivity index (χ0n) is 11.5. The van der Waals surface area contributed by atoms with Gasteiger partial charge in [-0.25, -0.2) is 0 Å². The largest absolute Gasteiger partial charge is 0.497 e. The molecule has 2 aromatic rings. The van der Waals surface area contributed by atoms with Gasteiger partial charge in [-0.15, -0.1) is 12.4 Å². The molecule has 2 aromatic carbocycles. The summed E-state index contributed by atoms with van der Waals surface area (Å²) in [4.78, 5) is 0. The summed E-state index contributed by atoms with van der Waals surface area (Å²) in [5, 5.41) is 0. The minimum Gasteiger partial charge on any atom is -0.497 e. The van der Waals surface area contributed by atoms with Gasteiger partial charge in [-0.3, -0.25) is 0 Å². The van der Waals surface area contributed by atoms with Crippen LogP contribution in [0.25, 0.3) is 0 Å². The molecule has 1 atom stereocenters. The molecule has 0 saturated heterocycles. The zero-order valence-corrected chi connectivity index (χ0v) is 12.3. The van der Waals surface area contributed by atoms with Crippen LogP contribution in [0.1, 0.15) is 18.0 Å². The molecule has 0 fully saturated rings. The first-order valence-electron chi connectivity index (χ1n) is 6.37. The fraction of sp³-hybridized carbons (Fsp3) is 0.250. The van der Waals surface area contributed by atoms with Crippen molar-refractivity contribution in [1.29, 1.82) is 0 Å². The molecule has 0 bridgehead atoms. The van der Waals surface area contributed by atoms with Crippen molar-refractivity contribution >= 4 is 12.4 Å². The second kappa shape index (κ2) is 8.46. The van der Waals surface area contributed by atoms with Gasteiger partial charge in [0.25, 0.3) is 0 Å². The first-order valence-corrected chi connectivity index (χ1v) is 6.37. The molecule has 4 heteroatoms. The summed E-state index contributed by atoms with van der Waals surface area (Å²) in [6.07, 6.45) is 0.788. The van der Waals surface area contributed by atoms with E-state index in [-0.39, 0.29) is 18.4 Å². The van der Waals surface area contributed by atoms with Crippen LogP contribution < -0.4 is 15.2 Å². The van der Waals surface area contributed by atoms with Crippen LogP contribution in [0.3, 0.4) is 0 Å². The third-order valence-corrected chi connectivity index (χ3v) is 2.98. The molecule has 0 aliphatic rings. The van der Waals surface area contributed by atoms with Gasteiger partial charge in [0, 0.05) is 12.5 Å². The Bertz CT molecular complexity index is 488. The number of hydrogen-bond acceptors (Lipinski definition) is 3. The zero-order chi connectivity index (χ0) is 13.5. The number of nitrogens with two attached hydrogens (primary N) is 1. The van der Waals surface area contributed by atoms with Gasteiger partial charge in [-0.2, -0.15) is 0 Å². The van der Waals surface area contributed by atoms with Gasteiger partial charge in [0.15, 0.2) is 0 Å². The van der Waals surface area contributed by atoms with Crippen molar-refractivity contribution in [2.24, 2.45) is 5.73 Å². The van der Waals surface area contributed by atoms with Gasteiger partial charge in [-0.05, 0) is 29.8 Å². The lowest BCUT2D eigenvalue weighted by Gasteiger charge is -2.13. The Morgan fingerprint density at radius 3 is 2.15 bits per heavy atom.